The molecule has 0 radical (unpaired) electrons. The maximum atomic E-state index is 10.7. The summed E-state index contributed by atoms with van der Waals surface area (Å²) in [5.41, 5.74) is 1.72. The largest absolute Gasteiger partial charge is 0.298 e. The molecular weight excluding hydrogens is 240 g/mol. The van der Waals surface area contributed by atoms with Gasteiger partial charge in [-0.2, -0.15) is 4.37 Å². The van der Waals surface area contributed by atoms with Gasteiger partial charge in [-0.25, -0.2) is 4.98 Å². The zero-order valence-electron chi connectivity index (χ0n) is 8.93. The highest BCUT2D eigenvalue weighted by Gasteiger charge is 2.04. The van der Waals surface area contributed by atoms with Gasteiger partial charge >= 0.3 is 0 Å². The molecule has 5 heteroatoms. The zero-order chi connectivity index (χ0) is 11.5. The third-order valence-corrected chi connectivity index (χ3v) is 3.91. The Morgan fingerprint density at radius 3 is 2.75 bits per heavy atom. The summed E-state index contributed by atoms with van der Waals surface area (Å²) < 4.78 is 5.05. The van der Waals surface area contributed by atoms with Crippen LogP contribution in [0.2, 0.25) is 0 Å². The molecule has 1 aromatic heterocycles. The number of carbonyl (C=O) groups excluding carboxylic acids is 1. The van der Waals surface area contributed by atoms with Crippen LogP contribution in [0.25, 0.3) is 0 Å². The van der Waals surface area contributed by atoms with Crippen molar-refractivity contribution in [3.05, 3.63) is 35.2 Å². The van der Waals surface area contributed by atoms with Gasteiger partial charge in [0.2, 0.25) is 0 Å². The van der Waals surface area contributed by atoms with Crippen molar-refractivity contribution >= 4 is 29.6 Å². The first-order valence-electron chi connectivity index (χ1n) is 4.73. The molecule has 2 rings (SSSR count). The Morgan fingerprint density at radius 2 is 2.19 bits per heavy atom. The average Bonchev–Trinajstić information content (AvgIpc) is 2.64. The molecule has 0 amide bonds. The molecule has 0 saturated carbocycles. The lowest BCUT2D eigenvalue weighted by Crippen LogP contribution is -1.85. The highest BCUT2D eigenvalue weighted by atomic mass is 32.2. The molecule has 0 unspecified atom stereocenters. The van der Waals surface area contributed by atoms with E-state index < -0.39 is 0 Å². The minimum Gasteiger partial charge on any atom is -0.298 e. The summed E-state index contributed by atoms with van der Waals surface area (Å²) >= 11 is 2.96. The van der Waals surface area contributed by atoms with Crippen molar-refractivity contribution in [2.45, 2.75) is 23.1 Å². The molecule has 82 valence electrons. The number of aldehydes is 1. The van der Waals surface area contributed by atoms with Crippen molar-refractivity contribution < 1.29 is 4.79 Å². The summed E-state index contributed by atoms with van der Waals surface area (Å²) in [6, 6.07) is 5.75. The minimum absolute atomic E-state index is 0.734. The van der Waals surface area contributed by atoms with Crippen molar-refractivity contribution in [1.82, 2.24) is 9.36 Å². The second kappa shape index (κ2) is 4.76. The summed E-state index contributed by atoms with van der Waals surface area (Å²) in [6.07, 6.45) is 0.874. The van der Waals surface area contributed by atoms with Gasteiger partial charge in [-0.05, 0) is 43.1 Å². The number of nitrogens with zero attached hydrogens (tertiary/aromatic N) is 2. The molecule has 2 aromatic rings. The fourth-order valence-electron chi connectivity index (χ4n) is 1.26. The van der Waals surface area contributed by atoms with Gasteiger partial charge in [0.25, 0.3) is 0 Å². The maximum Gasteiger partial charge on any atom is 0.174 e. The van der Waals surface area contributed by atoms with Gasteiger partial charge in [0.1, 0.15) is 12.1 Å². The van der Waals surface area contributed by atoms with E-state index >= 15 is 0 Å². The molecule has 3 nitrogen and oxygen atoms in total. The van der Waals surface area contributed by atoms with E-state index in [9.17, 15) is 4.79 Å². The summed E-state index contributed by atoms with van der Waals surface area (Å²) in [5, 5.41) is 0. The van der Waals surface area contributed by atoms with Crippen molar-refractivity contribution in [2.24, 2.45) is 0 Å². The fraction of sp³-hybridized carbons (Fsp3) is 0.182. The summed E-state index contributed by atoms with van der Waals surface area (Å²) in [5.74, 6) is 0.800. The molecule has 0 spiro atoms. The molecule has 1 heterocycles. The molecule has 0 aliphatic carbocycles. The number of benzene rings is 1. The minimum atomic E-state index is 0.734. The van der Waals surface area contributed by atoms with E-state index in [2.05, 4.69) is 9.36 Å². The standard InChI is InChI=1S/C11H10N2OS2/c1-7-5-10(4-3-9(7)6-14)15-11-12-8(2)13-16-11/h3-6H,1-2H3. The van der Waals surface area contributed by atoms with Crippen molar-refractivity contribution in [3.63, 3.8) is 0 Å². The molecule has 0 aliphatic heterocycles. The van der Waals surface area contributed by atoms with E-state index in [0.717, 1.165) is 32.5 Å². The Balaban J connectivity index is 2.22. The summed E-state index contributed by atoms with van der Waals surface area (Å²) in [7, 11) is 0. The van der Waals surface area contributed by atoms with Crippen molar-refractivity contribution in [2.75, 3.05) is 0 Å². The molecule has 0 fully saturated rings. The molecule has 16 heavy (non-hydrogen) atoms. The van der Waals surface area contributed by atoms with Gasteiger partial charge in [0.05, 0.1) is 0 Å². The lowest BCUT2D eigenvalue weighted by Gasteiger charge is -2.01. The lowest BCUT2D eigenvalue weighted by molar-refractivity contribution is 0.112. The van der Waals surface area contributed by atoms with E-state index in [4.69, 9.17) is 0 Å². The number of hydrogen-bond acceptors (Lipinski definition) is 5. The Morgan fingerprint density at radius 1 is 1.38 bits per heavy atom. The Hall–Kier alpha value is -1.20. The second-order valence-electron chi connectivity index (χ2n) is 3.35. The average molecular weight is 250 g/mol. The van der Waals surface area contributed by atoms with Gasteiger partial charge in [0.15, 0.2) is 4.34 Å². The predicted octanol–water partition coefficient (Wildman–Crippen LogP) is 3.12. The van der Waals surface area contributed by atoms with Crippen molar-refractivity contribution in [3.8, 4) is 0 Å². The quantitative estimate of drug-likeness (QED) is 0.785. The van der Waals surface area contributed by atoms with Crippen LogP contribution in [-0.4, -0.2) is 15.6 Å². The van der Waals surface area contributed by atoms with E-state index in [1.165, 1.54) is 11.5 Å². The van der Waals surface area contributed by atoms with Gasteiger partial charge in [-0.15, -0.1) is 0 Å². The Bertz CT molecular complexity index is 522. The van der Waals surface area contributed by atoms with Crippen LogP contribution in [0.5, 0.6) is 0 Å². The molecular formula is C11H10N2OS2. The molecule has 1 aromatic carbocycles. The predicted molar refractivity (Wildman–Crippen MR) is 65.3 cm³/mol. The van der Waals surface area contributed by atoms with Crippen LogP contribution in [0.15, 0.2) is 27.4 Å². The first kappa shape index (κ1) is 11.3. The second-order valence-corrected chi connectivity index (χ2v) is 5.42. The van der Waals surface area contributed by atoms with Crippen molar-refractivity contribution in [1.29, 1.82) is 0 Å². The number of aryl methyl sites for hydroxylation is 2. The number of hydrogen-bond donors (Lipinski definition) is 0. The van der Waals surface area contributed by atoms with Crippen LogP contribution in [0, 0.1) is 13.8 Å². The first-order chi connectivity index (χ1) is 7.69. The number of rotatable bonds is 3. The third-order valence-electron chi connectivity index (χ3n) is 2.08. The monoisotopic (exact) mass is 250 g/mol. The van der Waals surface area contributed by atoms with Crippen LogP contribution in [0.4, 0.5) is 0 Å². The summed E-state index contributed by atoms with van der Waals surface area (Å²) in [4.78, 5) is 16.0. The number of aromatic nitrogens is 2. The molecule has 0 aliphatic rings. The topological polar surface area (TPSA) is 42.9 Å². The highest BCUT2D eigenvalue weighted by Crippen LogP contribution is 2.29. The Labute approximate surface area is 102 Å². The first-order valence-corrected chi connectivity index (χ1v) is 6.32. The lowest BCUT2D eigenvalue weighted by atomic mass is 10.1. The van der Waals surface area contributed by atoms with Gasteiger partial charge in [0, 0.05) is 10.5 Å². The maximum absolute atomic E-state index is 10.7. The SMILES string of the molecule is Cc1nsc(Sc2ccc(C=O)c(C)c2)n1. The van der Waals surface area contributed by atoms with Gasteiger partial charge in [-0.1, -0.05) is 17.8 Å². The van der Waals surface area contributed by atoms with E-state index in [1.54, 1.807) is 11.8 Å². The van der Waals surface area contributed by atoms with E-state index in [1.807, 2.05) is 32.0 Å². The normalized spacial score (nSPS) is 10.4. The molecule has 0 N–H and O–H groups in total. The van der Waals surface area contributed by atoms with Crippen LogP contribution < -0.4 is 0 Å². The smallest absolute Gasteiger partial charge is 0.174 e. The Kier molecular flexibility index (Phi) is 3.36. The highest BCUT2D eigenvalue weighted by molar-refractivity contribution is 8.01. The fourth-order valence-corrected chi connectivity index (χ4v) is 2.99. The number of carbonyl (C=O) groups is 1. The zero-order valence-corrected chi connectivity index (χ0v) is 10.6. The van der Waals surface area contributed by atoms with Crippen LogP contribution in [0.1, 0.15) is 21.7 Å². The molecule has 0 atom stereocenters. The molecule has 0 bridgehead atoms. The van der Waals surface area contributed by atoms with E-state index in [0.29, 0.717) is 0 Å². The van der Waals surface area contributed by atoms with E-state index in [-0.39, 0.29) is 0 Å². The van der Waals surface area contributed by atoms with Gasteiger partial charge < -0.3 is 0 Å². The summed E-state index contributed by atoms with van der Waals surface area (Å²) in [6.45, 7) is 3.81. The van der Waals surface area contributed by atoms with Crippen LogP contribution in [-0.2, 0) is 0 Å². The van der Waals surface area contributed by atoms with Crippen LogP contribution in [0.3, 0.4) is 0 Å². The molecule has 0 saturated heterocycles. The van der Waals surface area contributed by atoms with Gasteiger partial charge in [-0.3, -0.25) is 4.79 Å². The third kappa shape index (κ3) is 2.48. The van der Waals surface area contributed by atoms with Crippen LogP contribution >= 0.6 is 23.3 Å².